The summed E-state index contributed by atoms with van der Waals surface area (Å²) in [5.74, 6) is -0.660. The van der Waals surface area contributed by atoms with E-state index >= 15 is 0 Å². The minimum atomic E-state index is -1.21. The molecule has 0 saturated heterocycles. The van der Waals surface area contributed by atoms with E-state index in [1.165, 1.54) is 0 Å². The fourth-order valence-electron chi connectivity index (χ4n) is 1.55. The molecule has 1 rings (SSSR count). The van der Waals surface area contributed by atoms with Gasteiger partial charge in [-0.2, -0.15) is 0 Å². The molecule has 0 aliphatic heterocycles. The minimum Gasteiger partial charge on any atom is -0.399 e. The van der Waals surface area contributed by atoms with Crippen LogP contribution in [0.4, 0.5) is 5.69 Å². The lowest BCUT2D eigenvalue weighted by Crippen LogP contribution is -2.25. The SMILES string of the molecule is Cc1cc(N)cc(C(O)C(O)CC(N)=O)c1. The zero-order valence-electron chi connectivity index (χ0n) is 9.05. The van der Waals surface area contributed by atoms with Crippen LogP contribution in [-0.4, -0.2) is 22.2 Å². The van der Waals surface area contributed by atoms with Crippen LogP contribution >= 0.6 is 0 Å². The van der Waals surface area contributed by atoms with E-state index in [1.807, 2.05) is 6.92 Å². The van der Waals surface area contributed by atoms with Crippen molar-refractivity contribution in [3.8, 4) is 0 Å². The van der Waals surface area contributed by atoms with Gasteiger partial charge in [0, 0.05) is 5.69 Å². The smallest absolute Gasteiger partial charge is 0.220 e. The van der Waals surface area contributed by atoms with Gasteiger partial charge < -0.3 is 21.7 Å². The van der Waals surface area contributed by atoms with E-state index in [9.17, 15) is 15.0 Å². The predicted molar refractivity (Wildman–Crippen MR) is 60.4 cm³/mol. The standard InChI is InChI=1S/C11H16N2O3/c1-6-2-7(4-8(12)3-6)11(16)9(14)5-10(13)15/h2-4,9,11,14,16H,5,12H2,1H3,(H2,13,15). The molecule has 0 saturated carbocycles. The van der Waals surface area contributed by atoms with Crippen LogP contribution in [0.5, 0.6) is 0 Å². The van der Waals surface area contributed by atoms with Gasteiger partial charge >= 0.3 is 0 Å². The second-order valence-corrected chi connectivity index (χ2v) is 3.86. The molecule has 0 aliphatic rings. The molecule has 0 heterocycles. The largest absolute Gasteiger partial charge is 0.399 e. The molecule has 16 heavy (non-hydrogen) atoms. The summed E-state index contributed by atoms with van der Waals surface area (Å²) >= 11 is 0. The average molecular weight is 224 g/mol. The van der Waals surface area contributed by atoms with Crippen LogP contribution in [0.3, 0.4) is 0 Å². The van der Waals surface area contributed by atoms with Crippen molar-refractivity contribution < 1.29 is 15.0 Å². The molecule has 5 nitrogen and oxygen atoms in total. The monoisotopic (exact) mass is 224 g/mol. The summed E-state index contributed by atoms with van der Waals surface area (Å²) < 4.78 is 0. The Labute approximate surface area is 93.7 Å². The first-order valence-corrected chi connectivity index (χ1v) is 4.91. The van der Waals surface area contributed by atoms with Crippen molar-refractivity contribution in [3.05, 3.63) is 29.3 Å². The van der Waals surface area contributed by atoms with E-state index in [1.54, 1.807) is 18.2 Å². The second-order valence-electron chi connectivity index (χ2n) is 3.86. The van der Waals surface area contributed by atoms with Crippen LogP contribution in [0.1, 0.15) is 23.7 Å². The Morgan fingerprint density at radius 1 is 1.38 bits per heavy atom. The highest BCUT2D eigenvalue weighted by Gasteiger charge is 2.20. The third-order valence-corrected chi connectivity index (χ3v) is 2.24. The number of hydrogen-bond donors (Lipinski definition) is 4. The van der Waals surface area contributed by atoms with E-state index in [0.29, 0.717) is 11.3 Å². The molecule has 2 unspecified atom stereocenters. The molecule has 0 aliphatic carbocycles. The quantitative estimate of drug-likeness (QED) is 0.533. The molecular formula is C11H16N2O3. The lowest BCUT2D eigenvalue weighted by atomic mass is 9.99. The van der Waals surface area contributed by atoms with Gasteiger partial charge in [-0.05, 0) is 30.2 Å². The highest BCUT2D eigenvalue weighted by atomic mass is 16.3. The Bertz CT molecular complexity index is 373. The van der Waals surface area contributed by atoms with Crippen molar-refractivity contribution in [2.45, 2.75) is 25.6 Å². The van der Waals surface area contributed by atoms with Crippen molar-refractivity contribution in [2.24, 2.45) is 5.73 Å². The molecular weight excluding hydrogens is 208 g/mol. The molecule has 0 bridgehead atoms. The molecule has 0 aromatic heterocycles. The number of carbonyl (C=O) groups is 1. The molecule has 1 amide bonds. The number of hydrogen-bond acceptors (Lipinski definition) is 4. The number of primary amides is 1. The summed E-state index contributed by atoms with van der Waals surface area (Å²) in [6.45, 7) is 1.83. The molecule has 5 heteroatoms. The molecule has 0 spiro atoms. The maximum absolute atomic E-state index is 10.6. The van der Waals surface area contributed by atoms with Crippen molar-refractivity contribution >= 4 is 11.6 Å². The van der Waals surface area contributed by atoms with Crippen molar-refractivity contribution in [3.63, 3.8) is 0 Å². The summed E-state index contributed by atoms with van der Waals surface area (Å²) in [5, 5.41) is 19.3. The normalized spacial score (nSPS) is 14.4. The third kappa shape index (κ3) is 3.22. The first kappa shape index (κ1) is 12.5. The lowest BCUT2D eigenvalue weighted by Gasteiger charge is -2.17. The summed E-state index contributed by atoms with van der Waals surface area (Å²) in [6.07, 6.45) is -2.65. The van der Waals surface area contributed by atoms with Gasteiger partial charge in [0.15, 0.2) is 0 Å². The Kier molecular flexibility index (Phi) is 3.87. The molecule has 0 fully saturated rings. The zero-order chi connectivity index (χ0) is 12.3. The first-order valence-electron chi connectivity index (χ1n) is 4.91. The van der Waals surface area contributed by atoms with E-state index in [-0.39, 0.29) is 6.42 Å². The maximum atomic E-state index is 10.6. The van der Waals surface area contributed by atoms with Gasteiger partial charge in [-0.3, -0.25) is 4.79 Å². The zero-order valence-corrected chi connectivity index (χ0v) is 9.05. The number of nitrogen functional groups attached to an aromatic ring is 1. The van der Waals surface area contributed by atoms with Gasteiger partial charge in [-0.15, -0.1) is 0 Å². The number of aryl methyl sites for hydroxylation is 1. The number of nitrogens with two attached hydrogens (primary N) is 2. The number of anilines is 1. The first-order chi connectivity index (χ1) is 7.40. The summed E-state index contributed by atoms with van der Waals surface area (Å²) in [6, 6.07) is 5.00. The Morgan fingerprint density at radius 2 is 2.00 bits per heavy atom. The van der Waals surface area contributed by atoms with Crippen LogP contribution in [0.2, 0.25) is 0 Å². The van der Waals surface area contributed by atoms with Crippen LogP contribution in [0, 0.1) is 6.92 Å². The van der Waals surface area contributed by atoms with Gasteiger partial charge in [0.1, 0.15) is 6.10 Å². The van der Waals surface area contributed by atoms with E-state index in [4.69, 9.17) is 11.5 Å². The van der Waals surface area contributed by atoms with Crippen LogP contribution < -0.4 is 11.5 Å². The van der Waals surface area contributed by atoms with E-state index < -0.39 is 18.1 Å². The Hall–Kier alpha value is -1.59. The summed E-state index contributed by atoms with van der Waals surface area (Å²) in [4.78, 5) is 10.6. The van der Waals surface area contributed by atoms with Crippen molar-refractivity contribution in [1.82, 2.24) is 0 Å². The van der Waals surface area contributed by atoms with Gasteiger partial charge in [0.2, 0.25) is 5.91 Å². The van der Waals surface area contributed by atoms with Crippen molar-refractivity contribution in [1.29, 1.82) is 0 Å². The number of benzene rings is 1. The lowest BCUT2D eigenvalue weighted by molar-refractivity contribution is -0.121. The Morgan fingerprint density at radius 3 is 2.50 bits per heavy atom. The minimum absolute atomic E-state index is 0.283. The molecule has 88 valence electrons. The van der Waals surface area contributed by atoms with Gasteiger partial charge in [-0.1, -0.05) is 6.07 Å². The molecule has 6 N–H and O–H groups in total. The third-order valence-electron chi connectivity index (χ3n) is 2.24. The highest BCUT2D eigenvalue weighted by Crippen LogP contribution is 2.22. The number of aliphatic hydroxyl groups is 2. The van der Waals surface area contributed by atoms with Crippen LogP contribution in [0.25, 0.3) is 0 Å². The summed E-state index contributed by atoms with van der Waals surface area (Å²) in [5.41, 5.74) is 12.4. The number of amides is 1. The molecule has 1 aromatic rings. The van der Waals surface area contributed by atoms with Crippen molar-refractivity contribution in [2.75, 3.05) is 5.73 Å². The van der Waals surface area contributed by atoms with Crippen LogP contribution in [0.15, 0.2) is 18.2 Å². The molecule has 1 aromatic carbocycles. The predicted octanol–water partition coefficient (Wildman–Crippen LogP) is -0.153. The number of carbonyl (C=O) groups excluding carboxylic acids is 1. The molecule has 2 atom stereocenters. The Balaban J connectivity index is 2.86. The number of rotatable bonds is 4. The maximum Gasteiger partial charge on any atom is 0.220 e. The van der Waals surface area contributed by atoms with Gasteiger partial charge in [0.25, 0.3) is 0 Å². The van der Waals surface area contributed by atoms with E-state index in [0.717, 1.165) is 5.56 Å². The average Bonchev–Trinajstić information content (AvgIpc) is 2.13. The van der Waals surface area contributed by atoms with Gasteiger partial charge in [0.05, 0.1) is 12.5 Å². The van der Waals surface area contributed by atoms with E-state index in [2.05, 4.69) is 0 Å². The highest BCUT2D eigenvalue weighted by molar-refractivity contribution is 5.74. The molecule has 0 radical (unpaired) electrons. The number of aliphatic hydroxyl groups excluding tert-OH is 2. The fraction of sp³-hybridized carbons (Fsp3) is 0.364. The fourth-order valence-corrected chi connectivity index (χ4v) is 1.55. The second kappa shape index (κ2) is 4.96. The van der Waals surface area contributed by atoms with Crippen LogP contribution in [-0.2, 0) is 4.79 Å². The van der Waals surface area contributed by atoms with Gasteiger partial charge in [-0.25, -0.2) is 0 Å². The summed E-state index contributed by atoms with van der Waals surface area (Å²) in [7, 11) is 0. The topological polar surface area (TPSA) is 110 Å².